The number of aliphatic carboxylic acids is 1. The minimum absolute atomic E-state index is 0.136. The number of nitrogens with zero attached hydrogens (tertiary/aromatic N) is 2. The summed E-state index contributed by atoms with van der Waals surface area (Å²) in [6.45, 7) is 3.29. The first kappa shape index (κ1) is 12.4. The molecular weight excluding hydrogens is 228 g/mol. The normalized spacial score (nSPS) is 10.5. The van der Waals surface area contributed by atoms with Gasteiger partial charge in [-0.3, -0.25) is 9.78 Å². The zero-order valence-corrected chi connectivity index (χ0v) is 10.3. The molecule has 0 saturated heterocycles. The number of anilines is 1. The molecular formula is C14H16N2O2. The third kappa shape index (κ3) is 2.59. The molecule has 0 amide bonds. The van der Waals surface area contributed by atoms with Gasteiger partial charge in [-0.25, -0.2) is 0 Å². The first-order chi connectivity index (χ1) is 8.72. The molecule has 4 nitrogen and oxygen atoms in total. The fourth-order valence-corrected chi connectivity index (χ4v) is 2.02. The average Bonchev–Trinajstić information content (AvgIpc) is 2.39. The van der Waals surface area contributed by atoms with E-state index in [1.54, 1.807) is 6.20 Å². The van der Waals surface area contributed by atoms with Crippen LogP contribution in [0.2, 0.25) is 0 Å². The predicted molar refractivity (Wildman–Crippen MR) is 71.9 cm³/mol. The highest BCUT2D eigenvalue weighted by molar-refractivity contribution is 5.90. The van der Waals surface area contributed by atoms with Crippen LogP contribution in [0, 0.1) is 0 Å². The highest BCUT2D eigenvalue weighted by Crippen LogP contribution is 2.24. The van der Waals surface area contributed by atoms with Crippen LogP contribution in [0.15, 0.2) is 36.5 Å². The molecule has 0 aliphatic heterocycles. The van der Waals surface area contributed by atoms with Gasteiger partial charge >= 0.3 is 5.97 Å². The molecule has 0 unspecified atom stereocenters. The number of carboxylic acid groups (broad SMARTS) is 1. The Bertz CT molecular complexity index is 549. The third-order valence-electron chi connectivity index (χ3n) is 2.93. The van der Waals surface area contributed by atoms with Crippen LogP contribution in [0.25, 0.3) is 10.9 Å². The highest BCUT2D eigenvalue weighted by atomic mass is 16.4. The maximum atomic E-state index is 10.7. The molecule has 0 radical (unpaired) electrons. The SMILES string of the molecule is CCN(CCC(=O)O)c1cccc2cccnc12. The average molecular weight is 244 g/mol. The molecule has 0 atom stereocenters. The molecule has 0 aliphatic rings. The number of carboxylic acids is 1. The summed E-state index contributed by atoms with van der Waals surface area (Å²) in [4.78, 5) is 17.1. The Hall–Kier alpha value is -2.10. The lowest BCUT2D eigenvalue weighted by molar-refractivity contribution is -0.136. The van der Waals surface area contributed by atoms with Crippen molar-refractivity contribution in [1.82, 2.24) is 4.98 Å². The predicted octanol–water partition coefficient (Wildman–Crippen LogP) is 2.54. The fourth-order valence-electron chi connectivity index (χ4n) is 2.02. The maximum absolute atomic E-state index is 10.7. The number of carbonyl (C=O) groups is 1. The first-order valence-corrected chi connectivity index (χ1v) is 6.03. The lowest BCUT2D eigenvalue weighted by atomic mass is 10.1. The van der Waals surface area contributed by atoms with Gasteiger partial charge in [0.05, 0.1) is 17.6 Å². The Balaban J connectivity index is 2.35. The smallest absolute Gasteiger partial charge is 0.305 e. The number of hydrogen-bond acceptors (Lipinski definition) is 3. The van der Waals surface area contributed by atoms with Crippen LogP contribution in [0.5, 0.6) is 0 Å². The Labute approximate surface area is 106 Å². The van der Waals surface area contributed by atoms with Gasteiger partial charge in [0.25, 0.3) is 0 Å². The lowest BCUT2D eigenvalue weighted by Gasteiger charge is -2.23. The summed E-state index contributed by atoms with van der Waals surface area (Å²) in [6, 6.07) is 9.89. The Kier molecular flexibility index (Phi) is 3.77. The second kappa shape index (κ2) is 5.49. The van der Waals surface area contributed by atoms with Gasteiger partial charge in [0, 0.05) is 24.7 Å². The molecule has 1 N–H and O–H groups in total. The van der Waals surface area contributed by atoms with Gasteiger partial charge in [-0.15, -0.1) is 0 Å². The third-order valence-corrected chi connectivity index (χ3v) is 2.93. The topological polar surface area (TPSA) is 53.4 Å². The Morgan fingerprint density at radius 3 is 2.83 bits per heavy atom. The van der Waals surface area contributed by atoms with Crippen molar-refractivity contribution >= 4 is 22.6 Å². The van der Waals surface area contributed by atoms with E-state index in [9.17, 15) is 4.79 Å². The van der Waals surface area contributed by atoms with Gasteiger partial charge < -0.3 is 10.0 Å². The van der Waals surface area contributed by atoms with Crippen molar-refractivity contribution in [2.75, 3.05) is 18.0 Å². The zero-order chi connectivity index (χ0) is 13.0. The maximum Gasteiger partial charge on any atom is 0.305 e. The van der Waals surface area contributed by atoms with Gasteiger partial charge in [0.2, 0.25) is 0 Å². The van der Waals surface area contributed by atoms with Crippen LogP contribution in [0.3, 0.4) is 0 Å². The molecule has 0 saturated carbocycles. The molecule has 1 heterocycles. The van der Waals surface area contributed by atoms with E-state index in [1.807, 2.05) is 42.2 Å². The summed E-state index contributed by atoms with van der Waals surface area (Å²) in [5.74, 6) is -0.776. The van der Waals surface area contributed by atoms with Crippen molar-refractivity contribution < 1.29 is 9.90 Å². The van der Waals surface area contributed by atoms with E-state index in [0.717, 1.165) is 23.1 Å². The molecule has 94 valence electrons. The monoisotopic (exact) mass is 244 g/mol. The van der Waals surface area contributed by atoms with E-state index in [2.05, 4.69) is 4.98 Å². The number of rotatable bonds is 5. The molecule has 0 fully saturated rings. The highest BCUT2D eigenvalue weighted by Gasteiger charge is 2.10. The molecule has 4 heteroatoms. The molecule has 1 aromatic heterocycles. The van der Waals surface area contributed by atoms with Crippen molar-refractivity contribution in [2.24, 2.45) is 0 Å². The molecule has 0 spiro atoms. The minimum atomic E-state index is -0.776. The first-order valence-electron chi connectivity index (χ1n) is 6.03. The summed E-state index contributed by atoms with van der Waals surface area (Å²) >= 11 is 0. The van der Waals surface area contributed by atoms with Crippen LogP contribution >= 0.6 is 0 Å². The molecule has 2 aromatic rings. The van der Waals surface area contributed by atoms with Crippen molar-refractivity contribution in [3.63, 3.8) is 0 Å². The Morgan fingerprint density at radius 2 is 2.11 bits per heavy atom. The van der Waals surface area contributed by atoms with E-state index < -0.39 is 5.97 Å². The largest absolute Gasteiger partial charge is 0.481 e. The van der Waals surface area contributed by atoms with Gasteiger partial charge in [0.15, 0.2) is 0 Å². The number of fused-ring (bicyclic) bond motifs is 1. The number of benzene rings is 1. The van der Waals surface area contributed by atoms with Crippen LogP contribution in [-0.4, -0.2) is 29.1 Å². The zero-order valence-electron chi connectivity index (χ0n) is 10.3. The summed E-state index contributed by atoms with van der Waals surface area (Å²) < 4.78 is 0. The summed E-state index contributed by atoms with van der Waals surface area (Å²) in [6.07, 6.45) is 1.90. The number of para-hydroxylation sites is 1. The second-order valence-corrected chi connectivity index (χ2v) is 4.08. The van der Waals surface area contributed by atoms with E-state index >= 15 is 0 Å². The van der Waals surface area contributed by atoms with Crippen LogP contribution in [0.1, 0.15) is 13.3 Å². The fraction of sp³-hybridized carbons (Fsp3) is 0.286. The van der Waals surface area contributed by atoms with Crippen molar-refractivity contribution in [2.45, 2.75) is 13.3 Å². The van der Waals surface area contributed by atoms with E-state index in [-0.39, 0.29) is 6.42 Å². The molecule has 0 aliphatic carbocycles. The minimum Gasteiger partial charge on any atom is -0.481 e. The van der Waals surface area contributed by atoms with Crippen molar-refractivity contribution in [3.05, 3.63) is 36.5 Å². The van der Waals surface area contributed by atoms with Gasteiger partial charge in [-0.2, -0.15) is 0 Å². The van der Waals surface area contributed by atoms with Gasteiger partial charge in [-0.05, 0) is 19.1 Å². The van der Waals surface area contributed by atoms with E-state index in [4.69, 9.17) is 5.11 Å². The second-order valence-electron chi connectivity index (χ2n) is 4.08. The Morgan fingerprint density at radius 1 is 1.33 bits per heavy atom. The lowest BCUT2D eigenvalue weighted by Crippen LogP contribution is -2.26. The van der Waals surface area contributed by atoms with Crippen molar-refractivity contribution in [1.29, 1.82) is 0 Å². The summed E-state index contributed by atoms with van der Waals surface area (Å²) in [5, 5.41) is 9.85. The number of aromatic nitrogens is 1. The number of pyridine rings is 1. The molecule has 18 heavy (non-hydrogen) atoms. The van der Waals surface area contributed by atoms with Gasteiger partial charge in [0.1, 0.15) is 0 Å². The van der Waals surface area contributed by atoms with Crippen LogP contribution in [0.4, 0.5) is 5.69 Å². The molecule has 0 bridgehead atoms. The van der Waals surface area contributed by atoms with Gasteiger partial charge in [-0.1, -0.05) is 18.2 Å². The van der Waals surface area contributed by atoms with Crippen LogP contribution < -0.4 is 4.90 Å². The van der Waals surface area contributed by atoms with E-state index in [0.29, 0.717) is 6.54 Å². The number of hydrogen-bond donors (Lipinski definition) is 1. The van der Waals surface area contributed by atoms with Crippen LogP contribution in [-0.2, 0) is 4.79 Å². The van der Waals surface area contributed by atoms with Crippen molar-refractivity contribution in [3.8, 4) is 0 Å². The van der Waals surface area contributed by atoms with E-state index in [1.165, 1.54) is 0 Å². The standard InChI is InChI=1S/C14H16N2O2/c1-2-16(10-8-13(17)18)12-7-3-5-11-6-4-9-15-14(11)12/h3-7,9H,2,8,10H2,1H3,(H,17,18). The summed E-state index contributed by atoms with van der Waals surface area (Å²) in [7, 11) is 0. The summed E-state index contributed by atoms with van der Waals surface area (Å²) in [5.41, 5.74) is 1.92. The molecule has 1 aromatic carbocycles. The molecule has 2 rings (SSSR count). The quantitative estimate of drug-likeness (QED) is 0.878.